The van der Waals surface area contributed by atoms with Gasteiger partial charge in [-0.15, -0.1) is 5.10 Å². The minimum Gasteiger partial charge on any atom is -0.497 e. The van der Waals surface area contributed by atoms with Crippen LogP contribution in [-0.4, -0.2) is 49.6 Å². The largest absolute Gasteiger partial charge is 0.497 e. The van der Waals surface area contributed by atoms with E-state index in [9.17, 15) is 13.2 Å². The number of nitrogens with zero attached hydrogens (tertiary/aromatic N) is 3. The van der Waals surface area contributed by atoms with Crippen molar-refractivity contribution in [2.24, 2.45) is 0 Å². The summed E-state index contributed by atoms with van der Waals surface area (Å²) < 4.78 is 59.0. The van der Waals surface area contributed by atoms with Gasteiger partial charge >= 0.3 is 6.18 Å². The molecule has 0 radical (unpaired) electrons. The van der Waals surface area contributed by atoms with Crippen LogP contribution in [0, 0.1) is 0 Å². The molecular weight excluding hydrogens is 495 g/mol. The Kier molecular flexibility index (Phi) is 8.34. The molecule has 0 bridgehead atoms. The van der Waals surface area contributed by atoms with E-state index in [4.69, 9.17) is 13.9 Å². The van der Waals surface area contributed by atoms with Gasteiger partial charge in [-0.25, -0.2) is 9.67 Å². The van der Waals surface area contributed by atoms with Gasteiger partial charge in [0.15, 0.2) is 14.1 Å². The average molecular weight is 524 g/mol. The second-order valence-electron chi connectivity index (χ2n) is 8.65. The first-order chi connectivity index (χ1) is 14.2. The van der Waals surface area contributed by atoms with Crippen LogP contribution in [0.5, 0.6) is 5.75 Å². The predicted octanol–water partition coefficient (Wildman–Crippen LogP) is 5.74. The highest BCUT2D eigenvalue weighted by atomic mass is 79.9. The van der Waals surface area contributed by atoms with Gasteiger partial charge in [0.05, 0.1) is 26.9 Å². The summed E-state index contributed by atoms with van der Waals surface area (Å²) >= 11 is 3.08. The van der Waals surface area contributed by atoms with Gasteiger partial charge in [0.25, 0.3) is 0 Å². The molecular formula is C20H29BrF3N3O3Si. The quantitative estimate of drug-likeness (QED) is 0.309. The molecule has 1 aromatic carbocycles. The van der Waals surface area contributed by atoms with Crippen molar-refractivity contribution in [3.8, 4) is 5.75 Å². The molecule has 0 amide bonds. The van der Waals surface area contributed by atoms with E-state index in [-0.39, 0.29) is 35.4 Å². The van der Waals surface area contributed by atoms with Gasteiger partial charge in [-0.2, -0.15) is 13.2 Å². The van der Waals surface area contributed by atoms with Gasteiger partial charge in [0.1, 0.15) is 5.75 Å². The van der Waals surface area contributed by atoms with Crippen LogP contribution >= 0.6 is 15.9 Å². The molecule has 0 aliphatic heterocycles. The number of rotatable bonds is 9. The molecule has 0 saturated heterocycles. The van der Waals surface area contributed by atoms with E-state index in [1.807, 2.05) is 13.1 Å². The van der Waals surface area contributed by atoms with Crippen molar-refractivity contribution in [3.63, 3.8) is 0 Å². The lowest BCUT2D eigenvalue weighted by Gasteiger charge is -2.36. The second-order valence-corrected chi connectivity index (χ2v) is 14.2. The van der Waals surface area contributed by atoms with E-state index in [1.165, 1.54) is 4.68 Å². The van der Waals surface area contributed by atoms with E-state index in [1.54, 1.807) is 31.4 Å². The topological polar surface area (TPSA) is 58.4 Å². The van der Waals surface area contributed by atoms with Crippen LogP contribution in [-0.2, 0) is 15.7 Å². The Hall–Kier alpha value is -1.43. The molecule has 2 aromatic rings. The first-order valence-electron chi connectivity index (χ1n) is 9.80. The van der Waals surface area contributed by atoms with Crippen molar-refractivity contribution in [1.82, 2.24) is 14.8 Å². The highest BCUT2D eigenvalue weighted by Crippen LogP contribution is 2.38. The minimum absolute atomic E-state index is 0.0418. The molecule has 1 heterocycles. The lowest BCUT2D eigenvalue weighted by Crippen LogP contribution is -2.41. The molecule has 0 fully saturated rings. The van der Waals surface area contributed by atoms with Crippen molar-refractivity contribution in [3.05, 3.63) is 40.4 Å². The molecule has 1 atom stereocenters. The molecule has 0 aliphatic rings. The molecule has 6 nitrogen and oxygen atoms in total. The number of hydrogen-bond donors (Lipinski definition) is 0. The molecule has 1 aromatic heterocycles. The summed E-state index contributed by atoms with van der Waals surface area (Å²) in [5.41, 5.74) is 0.752. The third-order valence-electron chi connectivity index (χ3n) is 5.33. The molecule has 1 unspecified atom stereocenters. The van der Waals surface area contributed by atoms with E-state index in [0.717, 1.165) is 5.56 Å². The van der Waals surface area contributed by atoms with Gasteiger partial charge in [0, 0.05) is 0 Å². The zero-order chi connectivity index (χ0) is 23.4. The average Bonchev–Trinajstić information content (AvgIpc) is 2.99. The molecule has 0 aliphatic carbocycles. The highest BCUT2D eigenvalue weighted by Gasteiger charge is 2.45. The second kappa shape index (κ2) is 10.0. The normalized spacial score (nSPS) is 14.0. The number of methoxy groups -OCH3 is 1. The Morgan fingerprint density at radius 1 is 1.10 bits per heavy atom. The van der Waals surface area contributed by atoms with Crippen molar-refractivity contribution in [2.75, 3.05) is 20.3 Å². The van der Waals surface area contributed by atoms with Crippen LogP contribution in [0.1, 0.15) is 38.3 Å². The van der Waals surface area contributed by atoms with Crippen LogP contribution < -0.4 is 4.74 Å². The number of aromatic nitrogens is 3. The number of benzene rings is 1. The van der Waals surface area contributed by atoms with Crippen molar-refractivity contribution >= 4 is 24.2 Å². The molecule has 174 valence electrons. The van der Waals surface area contributed by atoms with Gasteiger partial charge in [-0.05, 0) is 51.8 Å². The first-order valence-corrected chi connectivity index (χ1v) is 13.5. The standard InChI is InChI=1S/C20H29BrF3N3O3Si/c1-19(2,3)31(5,6)30-12-11-29-16(20(22,23)24)17-25-18(21)26-27(17)13-14-7-9-15(28-4)10-8-14/h7-10,16H,11-13H2,1-6H3. The maximum atomic E-state index is 13.8. The Bertz CT molecular complexity index is 852. The van der Waals surface area contributed by atoms with Crippen LogP contribution in [0.4, 0.5) is 13.2 Å². The van der Waals surface area contributed by atoms with E-state index in [0.29, 0.717) is 5.75 Å². The molecule has 0 saturated carbocycles. The summed E-state index contributed by atoms with van der Waals surface area (Å²) in [5.74, 6) is 0.337. The number of halogens is 4. The summed E-state index contributed by atoms with van der Waals surface area (Å²) in [7, 11) is -0.537. The summed E-state index contributed by atoms with van der Waals surface area (Å²) in [6.07, 6.45) is -6.87. The zero-order valence-electron chi connectivity index (χ0n) is 18.6. The van der Waals surface area contributed by atoms with Crippen molar-refractivity contribution < 1.29 is 27.1 Å². The summed E-state index contributed by atoms with van der Waals surface area (Å²) in [5, 5.41) is 4.03. The smallest absolute Gasteiger partial charge is 0.422 e. The summed E-state index contributed by atoms with van der Waals surface area (Å²) in [6.45, 7) is 10.3. The fourth-order valence-electron chi connectivity index (χ4n) is 2.53. The molecule has 11 heteroatoms. The lowest BCUT2D eigenvalue weighted by atomic mass is 10.2. The highest BCUT2D eigenvalue weighted by molar-refractivity contribution is 9.10. The minimum atomic E-state index is -4.65. The van der Waals surface area contributed by atoms with Crippen LogP contribution in [0.2, 0.25) is 18.1 Å². The zero-order valence-corrected chi connectivity index (χ0v) is 21.2. The SMILES string of the molecule is COc1ccc(Cn2nc(Br)nc2C(OCCO[Si](C)(C)C(C)(C)C)C(F)(F)F)cc1. The number of hydrogen-bond acceptors (Lipinski definition) is 5. The molecule has 31 heavy (non-hydrogen) atoms. The Morgan fingerprint density at radius 2 is 1.71 bits per heavy atom. The van der Waals surface area contributed by atoms with Crippen LogP contribution in [0.15, 0.2) is 29.0 Å². The third kappa shape index (κ3) is 7.03. The Balaban J connectivity index is 2.15. The van der Waals surface area contributed by atoms with E-state index in [2.05, 4.69) is 46.8 Å². The fourth-order valence-corrected chi connectivity index (χ4v) is 3.93. The van der Waals surface area contributed by atoms with Crippen molar-refractivity contribution in [1.29, 1.82) is 0 Å². The van der Waals surface area contributed by atoms with Gasteiger partial charge in [0.2, 0.25) is 10.8 Å². The van der Waals surface area contributed by atoms with Crippen LogP contribution in [0.3, 0.4) is 0 Å². The molecule has 2 rings (SSSR count). The van der Waals surface area contributed by atoms with Gasteiger partial charge < -0.3 is 13.9 Å². The molecule has 0 N–H and O–H groups in total. The van der Waals surface area contributed by atoms with E-state index < -0.39 is 20.6 Å². The monoisotopic (exact) mass is 523 g/mol. The maximum Gasteiger partial charge on any atom is 0.422 e. The van der Waals surface area contributed by atoms with Gasteiger partial charge in [-0.1, -0.05) is 32.9 Å². The number of ether oxygens (including phenoxy) is 2. The summed E-state index contributed by atoms with van der Waals surface area (Å²) in [4.78, 5) is 3.94. The lowest BCUT2D eigenvalue weighted by molar-refractivity contribution is -0.228. The Labute approximate surface area is 190 Å². The summed E-state index contributed by atoms with van der Waals surface area (Å²) in [6, 6.07) is 6.98. The maximum absolute atomic E-state index is 13.8. The fraction of sp³-hybridized carbons (Fsp3) is 0.600. The number of alkyl halides is 3. The first kappa shape index (κ1) is 25.8. The predicted molar refractivity (Wildman–Crippen MR) is 118 cm³/mol. The van der Waals surface area contributed by atoms with Crippen LogP contribution in [0.25, 0.3) is 0 Å². The Morgan fingerprint density at radius 3 is 2.23 bits per heavy atom. The van der Waals surface area contributed by atoms with Gasteiger partial charge in [-0.3, -0.25) is 0 Å². The van der Waals surface area contributed by atoms with E-state index >= 15 is 0 Å². The van der Waals surface area contributed by atoms with Crippen molar-refractivity contribution in [2.45, 2.75) is 57.7 Å². The third-order valence-corrected chi connectivity index (χ3v) is 10.2. The molecule has 0 spiro atoms.